The van der Waals surface area contributed by atoms with Gasteiger partial charge in [0.2, 0.25) is 0 Å². The number of thiazole rings is 1. The fourth-order valence-corrected chi connectivity index (χ4v) is 2.45. The summed E-state index contributed by atoms with van der Waals surface area (Å²) in [5, 5.41) is 2.87. The van der Waals surface area contributed by atoms with Crippen LogP contribution < -0.4 is 5.32 Å². The van der Waals surface area contributed by atoms with Crippen molar-refractivity contribution >= 4 is 23.1 Å². The lowest BCUT2D eigenvalue weighted by atomic mass is 10.2. The average Bonchev–Trinajstić information content (AvgIpc) is 2.78. The molecule has 4 nitrogen and oxygen atoms in total. The highest BCUT2D eigenvalue weighted by atomic mass is 32.1. The fraction of sp³-hybridized carbons (Fsp3) is 0.286. The van der Waals surface area contributed by atoms with Crippen molar-refractivity contribution in [2.45, 2.75) is 20.4 Å². The van der Waals surface area contributed by atoms with Crippen LogP contribution in [0.3, 0.4) is 0 Å². The first kappa shape index (κ1) is 13.5. The van der Waals surface area contributed by atoms with Crippen LogP contribution in [0.4, 0.5) is 10.5 Å². The Morgan fingerprint density at radius 2 is 2.00 bits per heavy atom. The minimum Gasteiger partial charge on any atom is -0.322 e. The molecule has 1 N–H and O–H groups in total. The second-order valence-electron chi connectivity index (χ2n) is 4.51. The highest BCUT2D eigenvalue weighted by Gasteiger charge is 2.11. The number of hydrogen-bond donors (Lipinski definition) is 1. The summed E-state index contributed by atoms with van der Waals surface area (Å²) in [5.74, 6) is 0. The van der Waals surface area contributed by atoms with Crippen LogP contribution in [0.5, 0.6) is 0 Å². The molecule has 1 aromatic carbocycles. The van der Waals surface area contributed by atoms with E-state index in [2.05, 4.69) is 10.3 Å². The summed E-state index contributed by atoms with van der Waals surface area (Å²) < 4.78 is 0. The lowest BCUT2D eigenvalue weighted by molar-refractivity contribution is 0.221. The quantitative estimate of drug-likeness (QED) is 0.932. The number of carbonyl (C=O) groups is 1. The van der Waals surface area contributed by atoms with Crippen LogP contribution in [-0.4, -0.2) is 23.0 Å². The van der Waals surface area contributed by atoms with Gasteiger partial charge in [-0.1, -0.05) is 17.7 Å². The second-order valence-corrected chi connectivity index (χ2v) is 5.45. The highest BCUT2D eigenvalue weighted by molar-refractivity contribution is 7.09. The SMILES string of the molecule is Cc1ccc(NC(=O)N(C)Cc2scnc2C)cc1. The van der Waals surface area contributed by atoms with Gasteiger partial charge in [0.25, 0.3) is 0 Å². The van der Waals surface area contributed by atoms with Crippen LogP contribution in [0, 0.1) is 13.8 Å². The largest absolute Gasteiger partial charge is 0.322 e. The molecule has 1 heterocycles. The molecule has 0 aliphatic heterocycles. The molecule has 19 heavy (non-hydrogen) atoms. The van der Waals surface area contributed by atoms with Crippen molar-refractivity contribution in [3.05, 3.63) is 45.9 Å². The van der Waals surface area contributed by atoms with Crippen molar-refractivity contribution in [3.8, 4) is 0 Å². The van der Waals surface area contributed by atoms with E-state index in [1.165, 1.54) is 5.56 Å². The predicted octanol–water partition coefficient (Wildman–Crippen LogP) is 3.42. The first-order chi connectivity index (χ1) is 9.06. The van der Waals surface area contributed by atoms with Gasteiger partial charge < -0.3 is 10.2 Å². The second kappa shape index (κ2) is 5.84. The standard InChI is InChI=1S/C14H17N3OS/c1-10-4-6-12(7-5-10)16-14(18)17(3)8-13-11(2)15-9-19-13/h4-7,9H,8H2,1-3H3,(H,16,18). The molecule has 0 fully saturated rings. The summed E-state index contributed by atoms with van der Waals surface area (Å²) in [6.45, 7) is 4.55. The zero-order valence-electron chi connectivity index (χ0n) is 11.3. The Labute approximate surface area is 117 Å². The minimum absolute atomic E-state index is 0.114. The minimum atomic E-state index is -0.114. The van der Waals surface area contributed by atoms with Crippen molar-refractivity contribution in [2.24, 2.45) is 0 Å². The van der Waals surface area contributed by atoms with E-state index in [0.29, 0.717) is 6.54 Å². The third-order valence-corrected chi connectivity index (χ3v) is 3.80. The topological polar surface area (TPSA) is 45.2 Å². The van der Waals surface area contributed by atoms with E-state index in [9.17, 15) is 4.79 Å². The summed E-state index contributed by atoms with van der Waals surface area (Å²) in [6.07, 6.45) is 0. The highest BCUT2D eigenvalue weighted by Crippen LogP contribution is 2.15. The van der Waals surface area contributed by atoms with E-state index >= 15 is 0 Å². The summed E-state index contributed by atoms with van der Waals surface area (Å²) in [6, 6.07) is 7.64. The monoisotopic (exact) mass is 275 g/mol. The lowest BCUT2D eigenvalue weighted by Gasteiger charge is -2.17. The molecule has 2 amide bonds. The molecule has 5 heteroatoms. The smallest absolute Gasteiger partial charge is 0.321 e. The van der Waals surface area contributed by atoms with Crippen LogP contribution in [0.1, 0.15) is 16.1 Å². The Hall–Kier alpha value is -1.88. The number of urea groups is 1. The third-order valence-electron chi connectivity index (χ3n) is 2.88. The molecule has 0 radical (unpaired) electrons. The summed E-state index contributed by atoms with van der Waals surface area (Å²) >= 11 is 1.57. The van der Waals surface area contributed by atoms with E-state index in [-0.39, 0.29) is 6.03 Å². The number of hydrogen-bond acceptors (Lipinski definition) is 3. The van der Waals surface area contributed by atoms with Gasteiger partial charge in [0.15, 0.2) is 0 Å². The summed E-state index contributed by atoms with van der Waals surface area (Å²) in [7, 11) is 1.78. The lowest BCUT2D eigenvalue weighted by Crippen LogP contribution is -2.30. The molecule has 2 aromatic rings. The normalized spacial score (nSPS) is 10.3. The number of carbonyl (C=O) groups excluding carboxylic acids is 1. The molecule has 1 aromatic heterocycles. The number of aromatic nitrogens is 1. The Bertz CT molecular complexity index is 562. The molecule has 2 rings (SSSR count). The van der Waals surface area contributed by atoms with Gasteiger partial charge in [-0.25, -0.2) is 9.78 Å². The number of nitrogens with zero attached hydrogens (tertiary/aromatic N) is 2. The number of rotatable bonds is 3. The maximum atomic E-state index is 12.0. The molecule has 0 saturated carbocycles. The molecular weight excluding hydrogens is 258 g/mol. The van der Waals surface area contributed by atoms with E-state index < -0.39 is 0 Å². The van der Waals surface area contributed by atoms with Crippen molar-refractivity contribution in [3.63, 3.8) is 0 Å². The van der Waals surface area contributed by atoms with Gasteiger partial charge >= 0.3 is 6.03 Å². The van der Waals surface area contributed by atoms with E-state index in [4.69, 9.17) is 0 Å². The van der Waals surface area contributed by atoms with Gasteiger partial charge in [-0.05, 0) is 26.0 Å². The Morgan fingerprint density at radius 3 is 2.58 bits per heavy atom. The zero-order chi connectivity index (χ0) is 13.8. The van der Waals surface area contributed by atoms with Crippen molar-refractivity contribution in [1.29, 1.82) is 0 Å². The van der Waals surface area contributed by atoms with Crippen LogP contribution >= 0.6 is 11.3 Å². The summed E-state index contributed by atoms with van der Waals surface area (Å²) in [5.41, 5.74) is 4.77. The number of nitrogens with one attached hydrogen (secondary N) is 1. The van der Waals surface area contributed by atoms with Crippen molar-refractivity contribution in [1.82, 2.24) is 9.88 Å². The number of benzene rings is 1. The summed E-state index contributed by atoms with van der Waals surface area (Å²) in [4.78, 5) is 19.0. The first-order valence-electron chi connectivity index (χ1n) is 6.04. The molecule has 0 saturated heterocycles. The number of anilines is 1. The molecule has 0 aliphatic rings. The van der Waals surface area contributed by atoms with E-state index in [1.807, 2.05) is 38.1 Å². The van der Waals surface area contributed by atoms with Gasteiger partial charge in [0, 0.05) is 17.6 Å². The molecule has 0 unspecified atom stereocenters. The molecule has 0 atom stereocenters. The number of aryl methyl sites for hydroxylation is 2. The average molecular weight is 275 g/mol. The maximum Gasteiger partial charge on any atom is 0.321 e. The first-order valence-corrected chi connectivity index (χ1v) is 6.92. The van der Waals surface area contributed by atoms with Crippen molar-refractivity contribution < 1.29 is 4.79 Å². The van der Waals surface area contributed by atoms with E-state index in [0.717, 1.165) is 16.3 Å². The number of amides is 2. The predicted molar refractivity (Wildman–Crippen MR) is 78.5 cm³/mol. The molecule has 0 spiro atoms. The fourth-order valence-electron chi connectivity index (χ4n) is 1.62. The van der Waals surface area contributed by atoms with Crippen molar-refractivity contribution in [2.75, 3.05) is 12.4 Å². The van der Waals surface area contributed by atoms with Gasteiger partial charge in [-0.2, -0.15) is 0 Å². The van der Waals surface area contributed by atoms with Crippen LogP contribution in [0.25, 0.3) is 0 Å². The zero-order valence-corrected chi connectivity index (χ0v) is 12.1. The molecular formula is C14H17N3OS. The third kappa shape index (κ3) is 3.54. The van der Waals surface area contributed by atoms with Gasteiger partial charge in [0.1, 0.15) is 0 Å². The Morgan fingerprint density at radius 1 is 1.32 bits per heavy atom. The van der Waals surface area contributed by atoms with Crippen LogP contribution in [0.15, 0.2) is 29.8 Å². The van der Waals surface area contributed by atoms with Crippen LogP contribution in [-0.2, 0) is 6.54 Å². The molecule has 0 aliphatic carbocycles. The maximum absolute atomic E-state index is 12.0. The Kier molecular flexibility index (Phi) is 4.16. The van der Waals surface area contributed by atoms with Crippen LogP contribution in [0.2, 0.25) is 0 Å². The molecule has 100 valence electrons. The molecule has 0 bridgehead atoms. The van der Waals surface area contributed by atoms with E-state index in [1.54, 1.807) is 28.8 Å². The van der Waals surface area contributed by atoms with Gasteiger partial charge in [0.05, 0.1) is 17.7 Å². The van der Waals surface area contributed by atoms with Gasteiger partial charge in [-0.3, -0.25) is 0 Å². The van der Waals surface area contributed by atoms with Gasteiger partial charge in [-0.15, -0.1) is 11.3 Å². The Balaban J connectivity index is 1.96.